The molecule has 6 nitrogen and oxygen atoms in total. The topological polar surface area (TPSA) is 82.6 Å². The van der Waals surface area contributed by atoms with Crippen LogP contribution in [0.4, 0.5) is 0 Å². The van der Waals surface area contributed by atoms with Crippen molar-refractivity contribution in [1.82, 2.24) is 9.97 Å². The number of hydrogen-bond donors (Lipinski definition) is 1. The summed E-state index contributed by atoms with van der Waals surface area (Å²) in [5.41, 5.74) is 7.35. The molecule has 0 bridgehead atoms. The Balaban J connectivity index is 1.84. The fraction of sp³-hybridized carbons (Fsp3) is 0.105. The van der Waals surface area contributed by atoms with Gasteiger partial charge in [-0.05, 0) is 30.3 Å². The lowest BCUT2D eigenvalue weighted by molar-refractivity contribution is 0.142. The Morgan fingerprint density at radius 1 is 0.880 bits per heavy atom. The summed E-state index contributed by atoms with van der Waals surface area (Å²) >= 11 is 0. The number of aliphatic imine (C=N–C) groups is 1. The van der Waals surface area contributed by atoms with E-state index in [9.17, 15) is 0 Å². The van der Waals surface area contributed by atoms with Gasteiger partial charge in [0, 0.05) is 18.0 Å². The van der Waals surface area contributed by atoms with E-state index < -0.39 is 11.6 Å². The summed E-state index contributed by atoms with van der Waals surface area (Å²) in [5.74, 6) is 1.36. The number of fused-ring (bicyclic) bond motifs is 4. The van der Waals surface area contributed by atoms with Crippen molar-refractivity contribution >= 4 is 6.02 Å². The van der Waals surface area contributed by atoms with Crippen molar-refractivity contribution in [3.05, 3.63) is 83.9 Å². The molecule has 25 heavy (non-hydrogen) atoms. The molecule has 2 aliphatic rings. The van der Waals surface area contributed by atoms with Crippen LogP contribution in [-0.4, -0.2) is 16.0 Å². The van der Waals surface area contributed by atoms with E-state index in [0.29, 0.717) is 17.2 Å². The van der Waals surface area contributed by atoms with Gasteiger partial charge in [-0.25, -0.2) is 4.99 Å². The van der Waals surface area contributed by atoms with Gasteiger partial charge in [0.15, 0.2) is 17.4 Å². The average Bonchev–Trinajstić information content (AvgIpc) is 3.01. The molecule has 0 saturated heterocycles. The number of nitrogens with zero attached hydrogens (tertiary/aromatic N) is 3. The van der Waals surface area contributed by atoms with E-state index in [-0.39, 0.29) is 6.02 Å². The molecule has 2 unspecified atom stereocenters. The first kappa shape index (κ1) is 14.0. The van der Waals surface area contributed by atoms with Crippen LogP contribution in [0.3, 0.4) is 0 Å². The Kier molecular flexibility index (Phi) is 2.82. The van der Waals surface area contributed by atoms with Crippen LogP contribution >= 0.6 is 0 Å². The molecule has 0 saturated carbocycles. The van der Waals surface area contributed by atoms with E-state index in [0.717, 1.165) is 11.3 Å². The van der Waals surface area contributed by atoms with Crippen LogP contribution in [-0.2, 0) is 10.3 Å². The Morgan fingerprint density at radius 3 is 2.56 bits per heavy atom. The van der Waals surface area contributed by atoms with Gasteiger partial charge in [-0.15, -0.1) is 0 Å². The maximum absolute atomic E-state index is 6.04. The van der Waals surface area contributed by atoms with Crippen molar-refractivity contribution in [3.8, 4) is 11.5 Å². The van der Waals surface area contributed by atoms with Gasteiger partial charge in [0.25, 0.3) is 6.02 Å². The number of aromatic nitrogens is 2. The van der Waals surface area contributed by atoms with E-state index in [2.05, 4.69) is 9.97 Å². The largest absolute Gasteiger partial charge is 0.455 e. The third kappa shape index (κ3) is 1.88. The van der Waals surface area contributed by atoms with Gasteiger partial charge in [0.1, 0.15) is 11.4 Å². The number of benzene rings is 1. The van der Waals surface area contributed by atoms with Crippen LogP contribution in [0, 0.1) is 0 Å². The minimum Gasteiger partial charge on any atom is -0.455 e. The Hall–Kier alpha value is -3.41. The standard InChI is InChI=1S/C19H14N4O2/c20-18-23-19(17(25-18)13-7-3-4-10-21-13)12-6-1-2-8-14(12)24-15-9-5-11-22-16(15)19/h1-11,17H,(H2,20,23). The number of ether oxygens (including phenoxy) is 2. The Morgan fingerprint density at radius 2 is 1.68 bits per heavy atom. The van der Waals surface area contributed by atoms with Crippen LogP contribution in [0.15, 0.2) is 72.0 Å². The van der Waals surface area contributed by atoms with Gasteiger partial charge in [0.05, 0.1) is 5.69 Å². The van der Waals surface area contributed by atoms with Gasteiger partial charge in [-0.1, -0.05) is 24.3 Å². The molecule has 5 rings (SSSR count). The quantitative estimate of drug-likeness (QED) is 0.742. The number of nitrogens with two attached hydrogens (primary N) is 1. The monoisotopic (exact) mass is 330 g/mol. The molecule has 122 valence electrons. The fourth-order valence-corrected chi connectivity index (χ4v) is 3.52. The highest BCUT2D eigenvalue weighted by Crippen LogP contribution is 2.56. The van der Waals surface area contributed by atoms with Crippen LogP contribution in [0.1, 0.15) is 23.1 Å². The number of para-hydroxylation sites is 1. The number of hydrogen-bond acceptors (Lipinski definition) is 6. The van der Waals surface area contributed by atoms with E-state index in [1.54, 1.807) is 12.4 Å². The molecule has 0 aliphatic carbocycles. The molecule has 1 aromatic carbocycles. The molecule has 2 N–H and O–H groups in total. The van der Waals surface area contributed by atoms with Crippen LogP contribution < -0.4 is 10.5 Å². The summed E-state index contributed by atoms with van der Waals surface area (Å²) in [4.78, 5) is 13.7. The van der Waals surface area contributed by atoms with E-state index in [4.69, 9.17) is 20.2 Å². The summed E-state index contributed by atoms with van der Waals surface area (Å²) < 4.78 is 12.0. The molecule has 4 heterocycles. The lowest BCUT2D eigenvalue weighted by Gasteiger charge is -2.36. The van der Waals surface area contributed by atoms with Crippen molar-refractivity contribution in [1.29, 1.82) is 0 Å². The number of rotatable bonds is 1. The average molecular weight is 330 g/mol. The predicted octanol–water partition coefficient (Wildman–Crippen LogP) is 2.91. The van der Waals surface area contributed by atoms with Crippen molar-refractivity contribution in [2.24, 2.45) is 10.7 Å². The van der Waals surface area contributed by atoms with E-state index >= 15 is 0 Å². The van der Waals surface area contributed by atoms with Gasteiger partial charge >= 0.3 is 0 Å². The molecule has 0 amide bonds. The van der Waals surface area contributed by atoms with Crippen LogP contribution in [0.25, 0.3) is 0 Å². The maximum Gasteiger partial charge on any atom is 0.284 e. The minimum absolute atomic E-state index is 0.115. The van der Waals surface area contributed by atoms with Gasteiger partial charge in [-0.2, -0.15) is 0 Å². The van der Waals surface area contributed by atoms with Crippen molar-refractivity contribution in [2.75, 3.05) is 0 Å². The zero-order chi connectivity index (χ0) is 16.9. The molecular formula is C19H14N4O2. The van der Waals surface area contributed by atoms with E-state index in [1.165, 1.54) is 0 Å². The second-order valence-corrected chi connectivity index (χ2v) is 5.92. The summed E-state index contributed by atoms with van der Waals surface area (Å²) in [6.07, 6.45) is 2.93. The van der Waals surface area contributed by atoms with Gasteiger partial charge < -0.3 is 15.2 Å². The molecule has 0 fully saturated rings. The first-order valence-electron chi connectivity index (χ1n) is 7.95. The molecular weight excluding hydrogens is 316 g/mol. The third-order valence-corrected chi connectivity index (χ3v) is 4.51. The van der Waals surface area contributed by atoms with Gasteiger partial charge in [-0.3, -0.25) is 9.97 Å². The third-order valence-electron chi connectivity index (χ3n) is 4.51. The van der Waals surface area contributed by atoms with E-state index in [1.807, 2.05) is 54.6 Å². The van der Waals surface area contributed by atoms with Crippen LogP contribution in [0.5, 0.6) is 11.5 Å². The second kappa shape index (κ2) is 5.04. The minimum atomic E-state index is -0.927. The molecule has 6 heteroatoms. The molecule has 0 radical (unpaired) electrons. The maximum atomic E-state index is 6.04. The number of amidine groups is 1. The Bertz CT molecular complexity index is 942. The molecule has 1 spiro atoms. The second-order valence-electron chi connectivity index (χ2n) is 5.92. The normalized spacial score (nSPS) is 23.2. The molecule has 3 aromatic rings. The lowest BCUT2D eigenvalue weighted by Crippen LogP contribution is -2.35. The zero-order valence-corrected chi connectivity index (χ0v) is 13.2. The molecule has 2 aromatic heterocycles. The smallest absolute Gasteiger partial charge is 0.284 e. The predicted molar refractivity (Wildman–Crippen MR) is 91.2 cm³/mol. The summed E-state index contributed by atoms with van der Waals surface area (Å²) in [6, 6.07) is 17.2. The fourth-order valence-electron chi connectivity index (χ4n) is 3.52. The summed E-state index contributed by atoms with van der Waals surface area (Å²) in [7, 11) is 0. The lowest BCUT2D eigenvalue weighted by atomic mass is 9.78. The highest BCUT2D eigenvalue weighted by atomic mass is 16.5. The summed E-state index contributed by atoms with van der Waals surface area (Å²) in [6.45, 7) is 0. The highest BCUT2D eigenvalue weighted by Gasteiger charge is 2.56. The number of pyridine rings is 2. The van der Waals surface area contributed by atoms with Crippen molar-refractivity contribution in [3.63, 3.8) is 0 Å². The highest BCUT2D eigenvalue weighted by molar-refractivity contribution is 5.77. The van der Waals surface area contributed by atoms with Crippen LogP contribution in [0.2, 0.25) is 0 Å². The molecule has 2 atom stereocenters. The molecule has 2 aliphatic heterocycles. The first-order chi connectivity index (χ1) is 12.3. The van der Waals surface area contributed by atoms with Crippen molar-refractivity contribution in [2.45, 2.75) is 11.6 Å². The summed E-state index contributed by atoms with van der Waals surface area (Å²) in [5, 5.41) is 0. The van der Waals surface area contributed by atoms with Gasteiger partial charge in [0.2, 0.25) is 0 Å². The SMILES string of the molecule is NC1=NC2(c3ccccc3Oc3cccnc32)C(c2ccccn2)O1. The first-order valence-corrected chi connectivity index (χ1v) is 7.95. The Labute approximate surface area is 144 Å². The zero-order valence-electron chi connectivity index (χ0n) is 13.2. The van der Waals surface area contributed by atoms with Crippen molar-refractivity contribution < 1.29 is 9.47 Å².